The molecule has 3 atom stereocenters. The Labute approximate surface area is 445 Å². The van der Waals surface area contributed by atoms with Crippen LogP contribution in [0.5, 0.6) is 0 Å². The summed E-state index contributed by atoms with van der Waals surface area (Å²) in [5.74, 6) is -7.53. The summed E-state index contributed by atoms with van der Waals surface area (Å²) in [6.45, 7) is 0. The molecule has 330 valence electrons. The maximum atomic E-state index is 11.6. The second-order valence-electron chi connectivity index (χ2n) is 13.2. The van der Waals surface area contributed by atoms with Gasteiger partial charge in [-0.25, -0.2) is 0 Å². The van der Waals surface area contributed by atoms with Gasteiger partial charge in [0.05, 0.1) is 17.9 Å². The van der Waals surface area contributed by atoms with Crippen molar-refractivity contribution in [2.24, 2.45) is 0 Å². The fourth-order valence-corrected chi connectivity index (χ4v) is 8.21. The first-order chi connectivity index (χ1) is 29.6. The van der Waals surface area contributed by atoms with Gasteiger partial charge in [0, 0.05) is 17.1 Å². The number of anilines is 3. The van der Waals surface area contributed by atoms with E-state index in [0.717, 1.165) is 0 Å². The number of nitrogens with one attached hydrogen (secondary N) is 3. The van der Waals surface area contributed by atoms with Crippen molar-refractivity contribution in [2.45, 2.75) is 17.3 Å². The van der Waals surface area contributed by atoms with E-state index in [1.165, 1.54) is 72.8 Å². The van der Waals surface area contributed by atoms with Crippen LogP contribution >= 0.6 is 22.8 Å². The van der Waals surface area contributed by atoms with Crippen LogP contribution < -0.4 is 120 Å². The number of hydrogen-bond acceptors (Lipinski definition) is 12. The topological polar surface area (TPSA) is 329 Å². The molecule has 0 aliphatic rings. The molecule has 0 amide bonds. The molecule has 6 aromatic carbocycles. The second-order valence-corrected chi connectivity index (χ2v) is 18.3. The molecule has 6 aromatic rings. The predicted octanol–water partition coefficient (Wildman–Crippen LogP) is -4.97. The summed E-state index contributed by atoms with van der Waals surface area (Å²) in [6.07, 6.45) is 0. The van der Waals surface area contributed by atoms with Gasteiger partial charge in [-0.05, 0) is 69.8 Å². The number of benzene rings is 6. The third kappa shape index (κ3) is 19.7. The maximum absolute atomic E-state index is 11.6. The average molecular weight is 988 g/mol. The molecule has 9 N–H and O–H groups in total. The van der Waals surface area contributed by atoms with Crippen molar-refractivity contribution in [3.05, 3.63) is 197 Å². The van der Waals surface area contributed by atoms with Crippen molar-refractivity contribution in [1.29, 1.82) is 0 Å². The minimum Gasteiger partial charge on any atom is -0.545 e. The summed E-state index contributed by atoms with van der Waals surface area (Å²) < 4.78 is 34.9. The Bertz CT molecular complexity index is 2300. The maximum Gasteiger partial charge on any atom is 1.00 e. The van der Waals surface area contributed by atoms with E-state index in [1.807, 2.05) is 0 Å². The van der Waals surface area contributed by atoms with Gasteiger partial charge in [-0.15, -0.1) is 0 Å². The van der Waals surface area contributed by atoms with Gasteiger partial charge in [0.15, 0.2) is 17.3 Å². The molecule has 6 rings (SSSR count). The molecular formula is C42H39N3Na3O15P3. The van der Waals surface area contributed by atoms with Crippen LogP contribution in [-0.2, 0) is 13.7 Å². The van der Waals surface area contributed by atoms with Crippen molar-refractivity contribution < 1.29 is 161 Å². The molecule has 0 aliphatic heterocycles. The first kappa shape index (κ1) is 60.6. The number of carboxylic acids is 3. The van der Waals surface area contributed by atoms with Crippen molar-refractivity contribution in [3.63, 3.8) is 0 Å². The van der Waals surface area contributed by atoms with Crippen LogP contribution in [0.3, 0.4) is 0 Å². The van der Waals surface area contributed by atoms with Gasteiger partial charge in [0.2, 0.25) is 0 Å². The summed E-state index contributed by atoms with van der Waals surface area (Å²) in [5.41, 5.74) is 2.50. The molecular weight excluding hydrogens is 948 g/mol. The van der Waals surface area contributed by atoms with Gasteiger partial charge >= 0.3 is 111 Å². The molecule has 0 fully saturated rings. The van der Waals surface area contributed by atoms with E-state index in [-0.39, 0.29) is 105 Å². The van der Waals surface area contributed by atoms with Gasteiger partial charge < -0.3 is 75.0 Å². The number of hydrogen-bond donors (Lipinski definition) is 9. The third-order valence-corrected chi connectivity index (χ3v) is 11.9. The Balaban J connectivity index is 0.000000484. The van der Waals surface area contributed by atoms with Gasteiger partial charge in [-0.3, -0.25) is 13.7 Å². The van der Waals surface area contributed by atoms with Crippen LogP contribution in [0.2, 0.25) is 0 Å². The zero-order valence-electron chi connectivity index (χ0n) is 35.5. The molecule has 18 nitrogen and oxygen atoms in total. The van der Waals surface area contributed by atoms with E-state index < -0.39 is 58.0 Å². The Kier molecular flexibility index (Phi) is 25.9. The minimum absolute atomic E-state index is 0. The molecule has 0 spiro atoms. The number of carboxylic acid groups (broad SMARTS) is 3. The summed E-state index contributed by atoms with van der Waals surface area (Å²) in [6, 6.07) is 41.3. The molecule has 0 bridgehead atoms. The van der Waals surface area contributed by atoms with Crippen molar-refractivity contribution in [2.75, 3.05) is 16.0 Å². The van der Waals surface area contributed by atoms with E-state index in [2.05, 4.69) is 16.0 Å². The van der Waals surface area contributed by atoms with Crippen molar-refractivity contribution in [1.82, 2.24) is 0 Å². The smallest absolute Gasteiger partial charge is 0.545 e. The minimum atomic E-state index is -4.43. The number of carbonyl (C=O) groups excluding carboxylic acids is 3. The predicted molar refractivity (Wildman–Crippen MR) is 227 cm³/mol. The Morgan fingerprint density at radius 3 is 0.682 bits per heavy atom. The van der Waals surface area contributed by atoms with Crippen molar-refractivity contribution in [3.8, 4) is 0 Å². The molecule has 24 heteroatoms. The fourth-order valence-electron chi connectivity index (χ4n) is 5.57. The average Bonchev–Trinajstić information content (AvgIpc) is 3.24. The molecule has 0 saturated heterocycles. The molecule has 0 saturated carbocycles. The zero-order valence-corrected chi connectivity index (χ0v) is 44.2. The van der Waals surface area contributed by atoms with Crippen LogP contribution in [0.1, 0.15) is 65.1 Å². The monoisotopic (exact) mass is 987 g/mol. The van der Waals surface area contributed by atoms with Gasteiger partial charge in [0.25, 0.3) is 0 Å². The van der Waals surface area contributed by atoms with Crippen LogP contribution in [0.15, 0.2) is 164 Å². The largest absolute Gasteiger partial charge is 1.00 e. The van der Waals surface area contributed by atoms with E-state index >= 15 is 0 Å². The SMILES string of the molecule is O=C([O-])c1ccc(NC(c2ccccc2)P(=O)(O)O)cc1.O=C([O-])c1ccc(NC(c2ccccc2)P(=O)(O)O)cc1.O=C([O-])c1ccc(NC(c2ccccc2)P(=O)(O)O)cc1.[Na+].[Na+].[Na+]. The van der Waals surface area contributed by atoms with E-state index in [1.54, 1.807) is 91.0 Å². The zero-order chi connectivity index (χ0) is 46.4. The van der Waals surface area contributed by atoms with Crippen LogP contribution in [-0.4, -0.2) is 47.3 Å². The van der Waals surface area contributed by atoms with Crippen LogP contribution in [0.4, 0.5) is 17.1 Å². The molecule has 0 radical (unpaired) electrons. The first-order valence-electron chi connectivity index (χ1n) is 18.2. The standard InChI is InChI=1S/3C14H14NO5P.3Na/c3*16-14(17)11-6-8-12(9-7-11)15-13(21(18,19)20)10-4-2-1-3-5-10;;;/h3*1-9,13,15H,(H,16,17)(H2,18,19,20);;;/q;;;3*+1/p-3. The summed E-state index contributed by atoms with van der Waals surface area (Å²) in [7, 11) is -13.3. The van der Waals surface area contributed by atoms with Gasteiger partial charge in [-0.2, -0.15) is 0 Å². The summed E-state index contributed by atoms with van der Waals surface area (Å²) in [5, 5.41) is 40.2. The Morgan fingerprint density at radius 1 is 0.348 bits per heavy atom. The third-order valence-electron chi connectivity index (χ3n) is 8.63. The molecule has 0 aromatic heterocycles. The number of rotatable bonds is 15. The quantitative estimate of drug-likeness (QED) is 0.0344. The summed E-state index contributed by atoms with van der Waals surface area (Å²) in [4.78, 5) is 88.9. The Morgan fingerprint density at radius 2 is 0.530 bits per heavy atom. The van der Waals surface area contributed by atoms with Crippen LogP contribution in [0.25, 0.3) is 0 Å². The molecule has 66 heavy (non-hydrogen) atoms. The first-order valence-corrected chi connectivity index (χ1v) is 23.2. The number of aromatic carboxylic acids is 3. The Hall–Kier alpha value is -3.42. The van der Waals surface area contributed by atoms with E-state index in [9.17, 15) is 72.8 Å². The second kappa shape index (κ2) is 28.2. The van der Waals surface area contributed by atoms with Crippen LogP contribution in [0, 0.1) is 0 Å². The molecule has 3 unspecified atom stereocenters. The molecule has 0 heterocycles. The fraction of sp³-hybridized carbons (Fsp3) is 0.0714. The molecule has 0 aliphatic carbocycles. The van der Waals surface area contributed by atoms with Crippen molar-refractivity contribution >= 4 is 57.8 Å². The summed E-state index contributed by atoms with van der Waals surface area (Å²) >= 11 is 0. The van der Waals surface area contributed by atoms with Gasteiger partial charge in [0.1, 0.15) is 0 Å². The number of carbonyl (C=O) groups is 3. The van der Waals surface area contributed by atoms with E-state index in [0.29, 0.717) is 33.8 Å². The van der Waals surface area contributed by atoms with E-state index in [4.69, 9.17) is 0 Å². The normalized spacial score (nSPS) is 12.1. The van der Waals surface area contributed by atoms with Gasteiger partial charge in [-0.1, -0.05) is 127 Å².